The van der Waals surface area contributed by atoms with Gasteiger partial charge in [0.1, 0.15) is 0 Å². The van der Waals surface area contributed by atoms with Crippen LogP contribution in [-0.2, 0) is 11.3 Å². The monoisotopic (exact) mass is 359 g/mol. The average molecular weight is 359 g/mol. The van der Waals surface area contributed by atoms with E-state index in [-0.39, 0.29) is 23.6 Å². The van der Waals surface area contributed by atoms with Gasteiger partial charge >= 0.3 is 6.03 Å². The Morgan fingerprint density at radius 1 is 1.19 bits per heavy atom. The van der Waals surface area contributed by atoms with E-state index in [0.717, 1.165) is 18.4 Å². The van der Waals surface area contributed by atoms with E-state index < -0.39 is 0 Å². The first-order valence-electron chi connectivity index (χ1n) is 9.53. The lowest BCUT2D eigenvalue weighted by Crippen LogP contribution is -2.59. The van der Waals surface area contributed by atoms with Gasteiger partial charge < -0.3 is 20.3 Å². The highest BCUT2D eigenvalue weighted by molar-refractivity contribution is 5.93. The standard InChI is InChI=1S/C20H29N3O3/c1-15-13-23(14-20(26-15)10-4-3-5-11-20)19(25)22-12-16-6-8-17(9-7-16)18(24)21-2/h6-9,15H,3-5,10-14H2,1-2H3,(H,21,24)(H,22,25). The third kappa shape index (κ3) is 4.36. The minimum absolute atomic E-state index is 0.0412. The first-order valence-corrected chi connectivity index (χ1v) is 9.53. The highest BCUT2D eigenvalue weighted by atomic mass is 16.5. The van der Waals surface area contributed by atoms with Crippen LogP contribution in [0, 0.1) is 0 Å². The zero-order valence-corrected chi connectivity index (χ0v) is 15.7. The van der Waals surface area contributed by atoms with Crippen LogP contribution in [0.2, 0.25) is 0 Å². The largest absolute Gasteiger partial charge is 0.368 e. The van der Waals surface area contributed by atoms with Crippen molar-refractivity contribution in [3.05, 3.63) is 35.4 Å². The summed E-state index contributed by atoms with van der Waals surface area (Å²) in [6.07, 6.45) is 5.78. The van der Waals surface area contributed by atoms with E-state index in [1.54, 1.807) is 19.2 Å². The lowest BCUT2D eigenvalue weighted by molar-refractivity contribution is -0.153. The van der Waals surface area contributed by atoms with Gasteiger partial charge in [0.25, 0.3) is 5.91 Å². The van der Waals surface area contributed by atoms with Crippen molar-refractivity contribution < 1.29 is 14.3 Å². The molecule has 142 valence electrons. The van der Waals surface area contributed by atoms with E-state index in [9.17, 15) is 9.59 Å². The Bertz CT molecular complexity index is 638. The van der Waals surface area contributed by atoms with E-state index >= 15 is 0 Å². The molecule has 0 bridgehead atoms. The summed E-state index contributed by atoms with van der Waals surface area (Å²) in [7, 11) is 1.61. The van der Waals surface area contributed by atoms with Crippen molar-refractivity contribution in [3.8, 4) is 0 Å². The summed E-state index contributed by atoms with van der Waals surface area (Å²) < 4.78 is 6.24. The van der Waals surface area contributed by atoms with Gasteiger partial charge in [-0.1, -0.05) is 31.4 Å². The van der Waals surface area contributed by atoms with Gasteiger partial charge in [0.15, 0.2) is 0 Å². The maximum absolute atomic E-state index is 12.7. The van der Waals surface area contributed by atoms with Crippen molar-refractivity contribution in [2.24, 2.45) is 0 Å². The van der Waals surface area contributed by atoms with Crippen LogP contribution in [0.1, 0.15) is 54.9 Å². The third-order valence-corrected chi connectivity index (χ3v) is 5.35. The third-order valence-electron chi connectivity index (χ3n) is 5.35. The van der Waals surface area contributed by atoms with Crippen LogP contribution < -0.4 is 10.6 Å². The molecular formula is C20H29N3O3. The number of amides is 3. The van der Waals surface area contributed by atoms with Crippen molar-refractivity contribution >= 4 is 11.9 Å². The van der Waals surface area contributed by atoms with Crippen molar-refractivity contribution in [1.29, 1.82) is 0 Å². The van der Waals surface area contributed by atoms with E-state index in [1.165, 1.54) is 19.3 Å². The smallest absolute Gasteiger partial charge is 0.317 e. The average Bonchev–Trinajstić information content (AvgIpc) is 2.65. The molecule has 0 radical (unpaired) electrons. The van der Waals surface area contributed by atoms with Crippen molar-refractivity contribution in [2.45, 2.75) is 57.3 Å². The Labute approximate surface area is 155 Å². The van der Waals surface area contributed by atoms with Crippen LogP contribution in [0.15, 0.2) is 24.3 Å². The second kappa shape index (κ2) is 8.08. The molecular weight excluding hydrogens is 330 g/mol. The number of hydrogen-bond donors (Lipinski definition) is 2. The van der Waals surface area contributed by atoms with E-state index in [0.29, 0.717) is 25.2 Å². The molecule has 1 aromatic carbocycles. The molecule has 26 heavy (non-hydrogen) atoms. The number of carbonyl (C=O) groups excluding carboxylic acids is 2. The van der Waals surface area contributed by atoms with Crippen LogP contribution in [0.5, 0.6) is 0 Å². The minimum Gasteiger partial charge on any atom is -0.368 e. The molecule has 1 unspecified atom stereocenters. The predicted octanol–water partition coefficient (Wildman–Crippen LogP) is 2.68. The summed E-state index contributed by atoms with van der Waals surface area (Å²) in [4.78, 5) is 26.1. The number of rotatable bonds is 3. The summed E-state index contributed by atoms with van der Waals surface area (Å²) >= 11 is 0. The summed E-state index contributed by atoms with van der Waals surface area (Å²) in [5, 5.41) is 5.60. The van der Waals surface area contributed by atoms with Crippen LogP contribution in [0.3, 0.4) is 0 Å². The first kappa shape index (κ1) is 18.7. The number of nitrogens with one attached hydrogen (secondary N) is 2. The van der Waals surface area contributed by atoms with E-state index in [1.807, 2.05) is 24.0 Å². The second-order valence-electron chi connectivity index (χ2n) is 7.49. The first-order chi connectivity index (χ1) is 12.5. The molecule has 1 aromatic rings. The zero-order chi connectivity index (χ0) is 18.6. The molecule has 1 heterocycles. The molecule has 1 saturated carbocycles. The molecule has 0 aromatic heterocycles. The second-order valence-corrected chi connectivity index (χ2v) is 7.49. The normalized spacial score (nSPS) is 22.1. The van der Waals surface area contributed by atoms with Gasteiger partial charge in [-0.05, 0) is 37.5 Å². The maximum Gasteiger partial charge on any atom is 0.317 e. The van der Waals surface area contributed by atoms with Crippen molar-refractivity contribution in [2.75, 3.05) is 20.1 Å². The molecule has 1 aliphatic carbocycles. The fraction of sp³-hybridized carbons (Fsp3) is 0.600. The maximum atomic E-state index is 12.7. The molecule has 2 N–H and O–H groups in total. The van der Waals surface area contributed by atoms with Gasteiger partial charge in [-0.25, -0.2) is 4.79 Å². The number of ether oxygens (including phenoxy) is 1. The van der Waals surface area contributed by atoms with E-state index in [2.05, 4.69) is 10.6 Å². The molecule has 6 heteroatoms. The Morgan fingerprint density at radius 3 is 2.54 bits per heavy atom. The molecule has 3 rings (SSSR count). The van der Waals surface area contributed by atoms with Gasteiger partial charge in [0.2, 0.25) is 0 Å². The number of urea groups is 1. The van der Waals surface area contributed by atoms with Gasteiger partial charge in [0.05, 0.1) is 18.2 Å². The van der Waals surface area contributed by atoms with Crippen LogP contribution >= 0.6 is 0 Å². The fourth-order valence-corrected chi connectivity index (χ4v) is 4.06. The molecule has 1 atom stereocenters. The highest BCUT2D eigenvalue weighted by Crippen LogP contribution is 2.36. The fourth-order valence-electron chi connectivity index (χ4n) is 4.06. The van der Waals surface area contributed by atoms with Gasteiger partial charge in [-0.2, -0.15) is 0 Å². The molecule has 1 saturated heterocycles. The number of carbonyl (C=O) groups is 2. The number of hydrogen-bond acceptors (Lipinski definition) is 3. The van der Waals surface area contributed by atoms with Crippen molar-refractivity contribution in [3.63, 3.8) is 0 Å². The number of nitrogens with zero attached hydrogens (tertiary/aromatic N) is 1. The Balaban J connectivity index is 1.56. The lowest BCUT2D eigenvalue weighted by atomic mass is 9.83. The number of morpholine rings is 1. The van der Waals surface area contributed by atoms with E-state index in [4.69, 9.17) is 4.74 Å². The van der Waals surface area contributed by atoms with Crippen LogP contribution in [0.4, 0.5) is 4.79 Å². The lowest BCUT2D eigenvalue weighted by Gasteiger charge is -2.47. The highest BCUT2D eigenvalue weighted by Gasteiger charge is 2.41. The van der Waals surface area contributed by atoms with Crippen molar-refractivity contribution in [1.82, 2.24) is 15.5 Å². The molecule has 3 amide bonds. The minimum atomic E-state index is -0.150. The molecule has 1 aliphatic heterocycles. The topological polar surface area (TPSA) is 70.7 Å². The van der Waals surface area contributed by atoms with Crippen LogP contribution in [0.25, 0.3) is 0 Å². The Morgan fingerprint density at radius 2 is 1.88 bits per heavy atom. The molecule has 6 nitrogen and oxygen atoms in total. The summed E-state index contributed by atoms with van der Waals surface area (Å²) in [6.45, 7) is 3.81. The zero-order valence-electron chi connectivity index (χ0n) is 15.7. The summed E-state index contributed by atoms with van der Waals surface area (Å²) in [5.74, 6) is -0.110. The predicted molar refractivity (Wildman–Crippen MR) is 100 cm³/mol. The summed E-state index contributed by atoms with van der Waals surface area (Å²) in [6, 6.07) is 7.24. The Hall–Kier alpha value is -2.08. The quantitative estimate of drug-likeness (QED) is 0.872. The number of benzene rings is 1. The SMILES string of the molecule is CNC(=O)c1ccc(CNC(=O)N2CC(C)OC3(CCCCC3)C2)cc1. The molecule has 1 spiro atoms. The molecule has 2 fully saturated rings. The Kier molecular flexibility index (Phi) is 5.81. The van der Waals surface area contributed by atoms with Gasteiger partial charge in [-0.15, -0.1) is 0 Å². The van der Waals surface area contributed by atoms with Gasteiger partial charge in [-0.3, -0.25) is 4.79 Å². The molecule has 2 aliphatic rings. The summed E-state index contributed by atoms with van der Waals surface area (Å²) in [5.41, 5.74) is 1.44. The van der Waals surface area contributed by atoms with Gasteiger partial charge in [0, 0.05) is 25.7 Å². The van der Waals surface area contributed by atoms with Crippen LogP contribution in [-0.4, -0.2) is 48.7 Å².